The highest BCUT2D eigenvalue weighted by Crippen LogP contribution is 2.35. The summed E-state index contributed by atoms with van der Waals surface area (Å²) >= 11 is 13.6. The van der Waals surface area contributed by atoms with Crippen LogP contribution in [0.4, 0.5) is 0 Å². The van der Waals surface area contributed by atoms with Crippen molar-refractivity contribution in [3.05, 3.63) is 68.5 Å². The minimum absolute atomic E-state index is 0.327. The van der Waals surface area contributed by atoms with Crippen molar-refractivity contribution < 1.29 is 4.79 Å². The lowest BCUT2D eigenvalue weighted by Crippen LogP contribution is -2.16. The van der Waals surface area contributed by atoms with E-state index in [4.69, 9.17) is 23.2 Å². The molecule has 0 saturated heterocycles. The predicted octanol–water partition coefficient (Wildman–Crippen LogP) is 5.28. The van der Waals surface area contributed by atoms with E-state index < -0.39 is 0 Å². The molecule has 3 rings (SSSR count). The van der Waals surface area contributed by atoms with Gasteiger partial charge >= 0.3 is 0 Å². The highest BCUT2D eigenvalue weighted by molar-refractivity contribution is 7.21. The Balaban J connectivity index is 1.79. The van der Waals surface area contributed by atoms with Crippen LogP contribution in [0.25, 0.3) is 10.1 Å². The highest BCUT2D eigenvalue weighted by Gasteiger charge is 2.16. The molecule has 0 radical (unpaired) electrons. The van der Waals surface area contributed by atoms with Gasteiger partial charge in [0.2, 0.25) is 0 Å². The van der Waals surface area contributed by atoms with Gasteiger partial charge < -0.3 is 0 Å². The molecule has 1 heterocycles. The maximum Gasteiger partial charge on any atom is 0.283 e. The van der Waals surface area contributed by atoms with Crippen molar-refractivity contribution in [1.29, 1.82) is 0 Å². The summed E-state index contributed by atoms with van der Waals surface area (Å²) in [6.45, 7) is 2.00. The van der Waals surface area contributed by atoms with E-state index in [1.54, 1.807) is 12.1 Å². The van der Waals surface area contributed by atoms with E-state index in [2.05, 4.69) is 10.5 Å². The molecule has 3 nitrogen and oxygen atoms in total. The van der Waals surface area contributed by atoms with Crippen LogP contribution in [-0.2, 0) is 0 Å². The molecule has 0 atom stereocenters. The van der Waals surface area contributed by atoms with Gasteiger partial charge in [0.05, 0.1) is 11.2 Å². The summed E-state index contributed by atoms with van der Waals surface area (Å²) in [5.74, 6) is -0.327. The van der Waals surface area contributed by atoms with Crippen molar-refractivity contribution in [2.45, 2.75) is 6.92 Å². The highest BCUT2D eigenvalue weighted by atomic mass is 35.5. The Morgan fingerprint density at radius 1 is 1.22 bits per heavy atom. The number of carbonyl (C=O) groups excluding carboxylic acids is 1. The Morgan fingerprint density at radius 2 is 2.04 bits per heavy atom. The third kappa shape index (κ3) is 3.55. The monoisotopic (exact) mass is 362 g/mol. The van der Waals surface area contributed by atoms with Crippen molar-refractivity contribution >= 4 is 56.7 Å². The molecular weight excluding hydrogens is 351 g/mol. The number of hydrogen-bond donors (Lipinski definition) is 1. The number of nitrogens with zero attached hydrogens (tertiary/aromatic N) is 1. The van der Waals surface area contributed by atoms with Crippen molar-refractivity contribution in [2.24, 2.45) is 5.10 Å². The van der Waals surface area contributed by atoms with Crippen molar-refractivity contribution in [1.82, 2.24) is 5.43 Å². The largest absolute Gasteiger partial charge is 0.283 e. The number of amides is 1. The number of aryl methyl sites for hydroxylation is 1. The number of halogens is 2. The molecule has 116 valence electrons. The van der Waals surface area contributed by atoms with Gasteiger partial charge in [0.1, 0.15) is 4.88 Å². The van der Waals surface area contributed by atoms with Gasteiger partial charge in [-0.25, -0.2) is 5.43 Å². The number of nitrogens with one attached hydrogen (secondary N) is 1. The lowest BCUT2D eigenvalue weighted by atomic mass is 10.2. The molecule has 0 saturated carbocycles. The van der Waals surface area contributed by atoms with Gasteiger partial charge in [0, 0.05) is 15.1 Å². The summed E-state index contributed by atoms with van der Waals surface area (Å²) in [6.07, 6.45) is 1.54. The van der Waals surface area contributed by atoms with Gasteiger partial charge in [0.15, 0.2) is 0 Å². The number of fused-ring (bicyclic) bond motifs is 1. The Bertz CT molecular complexity index is 918. The second kappa shape index (κ2) is 6.71. The van der Waals surface area contributed by atoms with Crippen LogP contribution in [0.3, 0.4) is 0 Å². The molecule has 2 aromatic carbocycles. The number of rotatable bonds is 3. The second-order valence-corrected chi connectivity index (χ2v) is 6.87. The molecule has 0 bridgehead atoms. The smallest absolute Gasteiger partial charge is 0.266 e. The molecule has 6 heteroatoms. The third-order valence-electron chi connectivity index (χ3n) is 3.22. The van der Waals surface area contributed by atoms with Crippen LogP contribution >= 0.6 is 34.5 Å². The van der Waals surface area contributed by atoms with Crippen LogP contribution in [0.2, 0.25) is 10.0 Å². The molecule has 23 heavy (non-hydrogen) atoms. The predicted molar refractivity (Wildman–Crippen MR) is 98.1 cm³/mol. The van der Waals surface area contributed by atoms with Crippen molar-refractivity contribution in [2.75, 3.05) is 0 Å². The first-order chi connectivity index (χ1) is 11.0. The Kier molecular flexibility index (Phi) is 4.66. The fourth-order valence-corrected chi connectivity index (χ4v) is 3.83. The molecule has 1 N–H and O–H groups in total. The molecule has 0 fully saturated rings. The minimum atomic E-state index is -0.327. The number of hydrogen-bond acceptors (Lipinski definition) is 3. The SMILES string of the molecule is Cc1ccc2c(Cl)c(C(=O)NN=Cc3cccc(Cl)c3)sc2c1. The van der Waals surface area contributed by atoms with Gasteiger partial charge in [-0.3, -0.25) is 4.79 Å². The maximum atomic E-state index is 12.3. The van der Waals surface area contributed by atoms with Crippen LogP contribution in [0.15, 0.2) is 47.6 Å². The van der Waals surface area contributed by atoms with E-state index in [-0.39, 0.29) is 5.91 Å². The lowest BCUT2D eigenvalue weighted by molar-refractivity contribution is 0.0959. The van der Waals surface area contributed by atoms with E-state index in [0.717, 1.165) is 21.2 Å². The van der Waals surface area contributed by atoms with Gasteiger partial charge in [-0.05, 0) is 36.2 Å². The molecule has 0 spiro atoms. The quantitative estimate of drug-likeness (QED) is 0.499. The number of thiophene rings is 1. The zero-order valence-electron chi connectivity index (χ0n) is 12.1. The average molecular weight is 363 g/mol. The summed E-state index contributed by atoms with van der Waals surface area (Å²) in [5, 5.41) is 5.91. The lowest BCUT2D eigenvalue weighted by Gasteiger charge is -1.97. The second-order valence-electron chi connectivity index (χ2n) is 5.00. The first kappa shape index (κ1) is 16.0. The summed E-state index contributed by atoms with van der Waals surface area (Å²) < 4.78 is 0.985. The molecule has 3 aromatic rings. The fourth-order valence-electron chi connectivity index (χ4n) is 2.12. The topological polar surface area (TPSA) is 41.5 Å². The van der Waals surface area contributed by atoms with Crippen molar-refractivity contribution in [3.63, 3.8) is 0 Å². The molecule has 0 aliphatic carbocycles. The summed E-state index contributed by atoms with van der Waals surface area (Å²) in [5.41, 5.74) is 4.42. The maximum absolute atomic E-state index is 12.3. The van der Waals surface area contributed by atoms with Gasteiger partial charge in [-0.1, -0.05) is 47.5 Å². The summed E-state index contributed by atoms with van der Waals surface area (Å²) in [4.78, 5) is 12.7. The fraction of sp³-hybridized carbons (Fsp3) is 0.0588. The van der Waals surface area contributed by atoms with Gasteiger partial charge in [-0.2, -0.15) is 5.10 Å². The Morgan fingerprint density at radius 3 is 2.83 bits per heavy atom. The standard InChI is InChI=1S/C17H12Cl2N2OS/c1-10-5-6-13-14(7-10)23-16(15(13)19)17(22)21-20-9-11-3-2-4-12(18)8-11/h2-9H,1H3,(H,21,22). The molecule has 0 aliphatic heterocycles. The zero-order valence-corrected chi connectivity index (χ0v) is 14.5. The first-order valence-electron chi connectivity index (χ1n) is 6.82. The summed E-state index contributed by atoms with van der Waals surface area (Å²) in [6, 6.07) is 13.1. The van der Waals surface area contributed by atoms with E-state index in [1.165, 1.54) is 17.6 Å². The van der Waals surface area contributed by atoms with Gasteiger partial charge in [-0.15, -0.1) is 11.3 Å². The van der Waals surface area contributed by atoms with E-state index in [9.17, 15) is 4.79 Å². The van der Waals surface area contributed by atoms with Crippen molar-refractivity contribution in [3.8, 4) is 0 Å². The third-order valence-corrected chi connectivity index (χ3v) is 5.11. The average Bonchev–Trinajstić information content (AvgIpc) is 2.83. The minimum Gasteiger partial charge on any atom is -0.266 e. The van der Waals surface area contributed by atoms with Crippen LogP contribution in [-0.4, -0.2) is 12.1 Å². The zero-order chi connectivity index (χ0) is 16.4. The van der Waals surface area contributed by atoms with E-state index in [0.29, 0.717) is 14.9 Å². The van der Waals surface area contributed by atoms with Crippen LogP contribution in [0.1, 0.15) is 20.8 Å². The van der Waals surface area contributed by atoms with Crippen LogP contribution < -0.4 is 5.43 Å². The van der Waals surface area contributed by atoms with E-state index >= 15 is 0 Å². The first-order valence-corrected chi connectivity index (χ1v) is 8.39. The Hall–Kier alpha value is -1.88. The van der Waals surface area contributed by atoms with Crippen LogP contribution in [0, 0.1) is 6.92 Å². The Labute approximate surface area is 147 Å². The molecule has 0 aliphatic rings. The molecule has 0 unspecified atom stereocenters. The number of hydrazone groups is 1. The number of benzene rings is 2. The van der Waals surface area contributed by atoms with E-state index in [1.807, 2.05) is 37.3 Å². The van der Waals surface area contributed by atoms with Gasteiger partial charge in [0.25, 0.3) is 5.91 Å². The molecule has 1 amide bonds. The normalized spacial score (nSPS) is 11.3. The molecular formula is C17H12Cl2N2OS. The number of carbonyl (C=O) groups is 1. The summed E-state index contributed by atoms with van der Waals surface area (Å²) in [7, 11) is 0. The van der Waals surface area contributed by atoms with Crippen LogP contribution in [0.5, 0.6) is 0 Å². The molecule has 1 aromatic heterocycles.